The van der Waals surface area contributed by atoms with Crippen LogP contribution in [0, 0.1) is 13.8 Å². The Kier molecular flexibility index (Phi) is 6.70. The van der Waals surface area contributed by atoms with Gasteiger partial charge in [-0.05, 0) is 49.4 Å². The van der Waals surface area contributed by atoms with Gasteiger partial charge >= 0.3 is 0 Å². The molecule has 0 saturated heterocycles. The molecule has 5 nitrogen and oxygen atoms in total. The average Bonchev–Trinajstić information content (AvgIpc) is 3.35. The molecule has 0 atom stereocenters. The Hall–Kier alpha value is -2.99. The van der Waals surface area contributed by atoms with Gasteiger partial charge in [0.05, 0.1) is 22.5 Å². The molecule has 0 saturated carbocycles. The number of rotatable bonds is 8. The molecule has 4 rings (SSSR count). The van der Waals surface area contributed by atoms with E-state index in [2.05, 4.69) is 55.3 Å². The smallest absolute Gasteiger partial charge is 0.229 e. The summed E-state index contributed by atoms with van der Waals surface area (Å²) in [4.78, 5) is 20.2. The lowest BCUT2D eigenvalue weighted by atomic mass is 10.0. The fourth-order valence-corrected chi connectivity index (χ4v) is 5.04. The molecule has 32 heavy (non-hydrogen) atoms. The van der Waals surface area contributed by atoms with Crippen LogP contribution in [0.4, 0.5) is 5.13 Å². The summed E-state index contributed by atoms with van der Waals surface area (Å²) in [5.74, 6) is 0.478. The first-order chi connectivity index (χ1) is 15.4. The van der Waals surface area contributed by atoms with E-state index in [0.717, 1.165) is 33.2 Å². The number of anilines is 1. The third-order valence-corrected chi connectivity index (χ3v) is 6.75. The van der Waals surface area contributed by atoms with E-state index in [9.17, 15) is 4.79 Å². The van der Waals surface area contributed by atoms with E-state index in [0.29, 0.717) is 25.4 Å². The molecular weight excluding hydrogens is 416 g/mol. The van der Waals surface area contributed by atoms with Crippen molar-refractivity contribution in [1.29, 1.82) is 0 Å². The topological polar surface area (TPSA) is 51.0 Å². The van der Waals surface area contributed by atoms with Crippen molar-refractivity contribution in [3.63, 3.8) is 0 Å². The van der Waals surface area contributed by atoms with E-state index in [-0.39, 0.29) is 5.91 Å². The van der Waals surface area contributed by atoms with Crippen LogP contribution in [-0.2, 0) is 17.8 Å². The fraction of sp³-hybridized carbons (Fsp3) is 0.346. The molecule has 0 fully saturated rings. The minimum Gasteiger partial charge on any atom is -0.286 e. The van der Waals surface area contributed by atoms with Crippen LogP contribution in [0.5, 0.6) is 0 Å². The summed E-state index contributed by atoms with van der Waals surface area (Å²) in [6, 6.07) is 18.5. The Morgan fingerprint density at radius 3 is 2.56 bits per heavy atom. The van der Waals surface area contributed by atoms with Crippen LogP contribution in [0.3, 0.4) is 0 Å². The lowest BCUT2D eigenvalue weighted by molar-refractivity contribution is -0.118. The number of carbonyl (C=O) groups excluding carboxylic acids is 1. The van der Waals surface area contributed by atoms with Crippen molar-refractivity contribution < 1.29 is 4.79 Å². The zero-order chi connectivity index (χ0) is 22.7. The minimum atomic E-state index is 0.0977. The van der Waals surface area contributed by atoms with Crippen LogP contribution in [0.1, 0.15) is 48.7 Å². The molecule has 2 heterocycles. The number of hydrogen-bond acceptors (Lipinski definition) is 4. The van der Waals surface area contributed by atoms with Gasteiger partial charge in [0.25, 0.3) is 0 Å². The van der Waals surface area contributed by atoms with E-state index in [4.69, 9.17) is 4.98 Å². The molecule has 0 bridgehead atoms. The first-order valence-electron chi connectivity index (χ1n) is 11.2. The van der Waals surface area contributed by atoms with Crippen molar-refractivity contribution in [3.8, 4) is 0 Å². The molecule has 0 aliphatic carbocycles. The predicted molar refractivity (Wildman–Crippen MR) is 133 cm³/mol. The van der Waals surface area contributed by atoms with Crippen LogP contribution in [0.25, 0.3) is 10.2 Å². The van der Waals surface area contributed by atoms with E-state index >= 15 is 0 Å². The number of para-hydroxylation sites is 1. The molecule has 166 valence electrons. The van der Waals surface area contributed by atoms with E-state index in [1.165, 1.54) is 11.1 Å². The van der Waals surface area contributed by atoms with Crippen LogP contribution >= 0.6 is 11.3 Å². The summed E-state index contributed by atoms with van der Waals surface area (Å²) in [6.07, 6.45) is 1.17. The third-order valence-electron chi connectivity index (χ3n) is 5.70. The number of hydrogen-bond donors (Lipinski definition) is 0. The Bertz CT molecular complexity index is 1210. The van der Waals surface area contributed by atoms with Crippen LogP contribution < -0.4 is 4.90 Å². The zero-order valence-electron chi connectivity index (χ0n) is 19.2. The largest absolute Gasteiger partial charge is 0.286 e. The van der Waals surface area contributed by atoms with Gasteiger partial charge in [-0.3, -0.25) is 14.4 Å². The van der Waals surface area contributed by atoms with Gasteiger partial charge in [0.15, 0.2) is 5.13 Å². The van der Waals surface area contributed by atoms with Gasteiger partial charge in [0.1, 0.15) is 0 Å². The molecule has 0 aliphatic heterocycles. The molecule has 2 aromatic carbocycles. The first-order valence-corrected chi connectivity index (χ1v) is 12.0. The molecule has 4 aromatic rings. The average molecular weight is 447 g/mol. The lowest BCUT2D eigenvalue weighted by Gasteiger charge is -2.20. The van der Waals surface area contributed by atoms with E-state index in [1.807, 2.05) is 41.6 Å². The van der Waals surface area contributed by atoms with Crippen LogP contribution in [-0.4, -0.2) is 27.2 Å². The number of amides is 1. The van der Waals surface area contributed by atoms with Crippen LogP contribution in [0.15, 0.2) is 54.6 Å². The number of aromatic nitrogens is 3. The predicted octanol–water partition coefficient (Wildman–Crippen LogP) is 5.90. The molecular formula is C26H30N4OS. The Morgan fingerprint density at radius 2 is 1.88 bits per heavy atom. The van der Waals surface area contributed by atoms with E-state index < -0.39 is 0 Å². The number of thiazole rings is 1. The maximum absolute atomic E-state index is 13.4. The van der Waals surface area contributed by atoms with Crippen molar-refractivity contribution in [2.24, 2.45) is 0 Å². The van der Waals surface area contributed by atoms with Gasteiger partial charge in [-0.1, -0.05) is 67.6 Å². The lowest BCUT2D eigenvalue weighted by Crippen LogP contribution is -2.34. The Balaban J connectivity index is 1.61. The van der Waals surface area contributed by atoms with Gasteiger partial charge in [0, 0.05) is 18.7 Å². The first kappa shape index (κ1) is 22.2. The standard InChI is InChI=1S/C26H30N4OS/c1-18(2)22-11-8-12-23-25(22)27-26(32-23)29(15-16-30-20(4)17-19(3)28-30)24(31)14-13-21-9-6-5-7-10-21/h5-12,17-18H,13-16H2,1-4H3. The number of benzene rings is 2. The van der Waals surface area contributed by atoms with Crippen molar-refractivity contribution in [3.05, 3.63) is 77.1 Å². The van der Waals surface area contributed by atoms with Gasteiger partial charge in [-0.15, -0.1) is 0 Å². The highest BCUT2D eigenvalue weighted by atomic mass is 32.1. The highest BCUT2D eigenvalue weighted by Crippen LogP contribution is 2.34. The SMILES string of the molecule is Cc1cc(C)n(CCN(C(=O)CCc2ccccc2)c2nc3c(C(C)C)cccc3s2)n1. The quantitative estimate of drug-likeness (QED) is 0.339. The molecule has 0 N–H and O–H groups in total. The third kappa shape index (κ3) is 4.91. The number of fused-ring (bicyclic) bond motifs is 1. The molecule has 0 spiro atoms. The van der Waals surface area contributed by atoms with Gasteiger partial charge < -0.3 is 0 Å². The Morgan fingerprint density at radius 1 is 1.09 bits per heavy atom. The summed E-state index contributed by atoms with van der Waals surface area (Å²) in [6.45, 7) is 9.59. The summed E-state index contributed by atoms with van der Waals surface area (Å²) in [7, 11) is 0. The second-order valence-electron chi connectivity index (χ2n) is 8.53. The van der Waals surface area contributed by atoms with Gasteiger partial charge in [-0.25, -0.2) is 4.98 Å². The highest BCUT2D eigenvalue weighted by Gasteiger charge is 2.21. The summed E-state index contributed by atoms with van der Waals surface area (Å²) < 4.78 is 3.10. The summed E-state index contributed by atoms with van der Waals surface area (Å²) >= 11 is 1.60. The molecule has 0 aliphatic rings. The van der Waals surface area contributed by atoms with Crippen molar-refractivity contribution in [2.75, 3.05) is 11.4 Å². The summed E-state index contributed by atoms with van der Waals surface area (Å²) in [5.41, 5.74) is 5.50. The van der Waals surface area contributed by atoms with Crippen molar-refractivity contribution in [2.45, 2.75) is 53.0 Å². The highest BCUT2D eigenvalue weighted by molar-refractivity contribution is 7.22. The molecule has 0 radical (unpaired) electrons. The Labute approximate surface area is 193 Å². The zero-order valence-corrected chi connectivity index (χ0v) is 20.0. The number of carbonyl (C=O) groups is 1. The van der Waals surface area contributed by atoms with Crippen LogP contribution in [0.2, 0.25) is 0 Å². The number of aryl methyl sites for hydroxylation is 3. The monoisotopic (exact) mass is 446 g/mol. The van der Waals surface area contributed by atoms with Crippen molar-refractivity contribution in [1.82, 2.24) is 14.8 Å². The molecule has 1 amide bonds. The maximum Gasteiger partial charge on any atom is 0.229 e. The molecule has 0 unspecified atom stereocenters. The normalized spacial score (nSPS) is 11.4. The second kappa shape index (κ2) is 9.65. The molecule has 2 aromatic heterocycles. The van der Waals surface area contributed by atoms with Gasteiger partial charge in [-0.2, -0.15) is 5.10 Å². The molecule has 6 heteroatoms. The fourth-order valence-electron chi connectivity index (χ4n) is 3.99. The maximum atomic E-state index is 13.4. The minimum absolute atomic E-state index is 0.0977. The second-order valence-corrected chi connectivity index (χ2v) is 9.54. The van der Waals surface area contributed by atoms with Crippen molar-refractivity contribution >= 4 is 32.6 Å². The van der Waals surface area contributed by atoms with E-state index in [1.54, 1.807) is 11.3 Å². The summed E-state index contributed by atoms with van der Waals surface area (Å²) in [5, 5.41) is 5.34. The van der Waals surface area contributed by atoms with Gasteiger partial charge in [0.2, 0.25) is 5.91 Å². The number of nitrogens with zero attached hydrogens (tertiary/aromatic N) is 4.